The average Bonchev–Trinajstić information content (AvgIpc) is 2.68. The van der Waals surface area contributed by atoms with Crippen LogP contribution in [0.1, 0.15) is 24.5 Å². The van der Waals surface area contributed by atoms with Gasteiger partial charge in [-0.05, 0) is 31.5 Å². The van der Waals surface area contributed by atoms with Gasteiger partial charge in [0.25, 0.3) is 0 Å². The van der Waals surface area contributed by atoms with Gasteiger partial charge in [0.05, 0.1) is 25.5 Å². The van der Waals surface area contributed by atoms with E-state index in [-0.39, 0.29) is 11.8 Å². The number of rotatable bonds is 6. The summed E-state index contributed by atoms with van der Waals surface area (Å²) in [5.74, 6) is 2.21. The van der Waals surface area contributed by atoms with Crippen LogP contribution in [0.4, 0.5) is 0 Å². The zero-order chi connectivity index (χ0) is 19.2. The van der Waals surface area contributed by atoms with Gasteiger partial charge in [-0.25, -0.2) is 4.98 Å². The molecule has 1 aromatic heterocycles. The van der Waals surface area contributed by atoms with Gasteiger partial charge in [0.15, 0.2) is 0 Å². The molecule has 1 fully saturated rings. The Labute approximate surface area is 159 Å². The predicted octanol–water partition coefficient (Wildman–Crippen LogP) is 2.55. The second kappa shape index (κ2) is 8.81. The molecule has 0 N–H and O–H groups in total. The molecule has 144 valence electrons. The first-order valence-corrected chi connectivity index (χ1v) is 9.11. The third kappa shape index (κ3) is 5.17. The maximum Gasteiger partial charge on any atom is 0.238 e. The maximum absolute atomic E-state index is 12.0. The first kappa shape index (κ1) is 19.1. The topological polar surface area (TPSA) is 67.8 Å². The number of nitrogens with zero attached hydrogens (tertiary/aromatic N) is 4. The van der Waals surface area contributed by atoms with Crippen molar-refractivity contribution in [1.29, 1.82) is 0 Å². The third-order valence-corrected chi connectivity index (χ3v) is 4.68. The summed E-state index contributed by atoms with van der Waals surface area (Å²) in [5, 5.41) is 0. The summed E-state index contributed by atoms with van der Waals surface area (Å²) >= 11 is 0. The quantitative estimate of drug-likeness (QED) is 0.778. The van der Waals surface area contributed by atoms with Crippen molar-refractivity contribution in [3.63, 3.8) is 0 Å². The highest BCUT2D eigenvalue weighted by Gasteiger charge is 2.24. The zero-order valence-corrected chi connectivity index (χ0v) is 16.1. The summed E-state index contributed by atoms with van der Waals surface area (Å²) in [6.45, 7) is 2.18. The molecule has 0 spiro atoms. The number of amides is 1. The van der Waals surface area contributed by atoms with Crippen LogP contribution in [0.3, 0.4) is 0 Å². The second-order valence-corrected chi connectivity index (χ2v) is 6.93. The van der Waals surface area contributed by atoms with Gasteiger partial charge in [-0.3, -0.25) is 14.7 Å². The summed E-state index contributed by atoms with van der Waals surface area (Å²) in [6, 6.07) is 7.39. The van der Waals surface area contributed by atoms with Crippen LogP contribution in [0.5, 0.6) is 17.4 Å². The number of likely N-dealkylation sites (N-methyl/N-ethyl adjacent to an activating group) is 1. The number of ether oxygens (including phenoxy) is 2. The summed E-state index contributed by atoms with van der Waals surface area (Å²) in [6.07, 6.45) is 5.47. The van der Waals surface area contributed by atoms with E-state index in [0.717, 1.165) is 37.4 Å². The molecule has 2 aromatic rings. The minimum atomic E-state index is 0.122. The normalized spacial score (nSPS) is 17.4. The number of carbonyl (C=O) groups is 1. The number of piperidine rings is 1. The highest BCUT2D eigenvalue weighted by Crippen LogP contribution is 2.28. The Morgan fingerprint density at radius 1 is 1.30 bits per heavy atom. The molecule has 3 rings (SSSR count). The van der Waals surface area contributed by atoms with Gasteiger partial charge in [0.1, 0.15) is 11.5 Å². The van der Waals surface area contributed by atoms with Crippen LogP contribution >= 0.6 is 0 Å². The van der Waals surface area contributed by atoms with Gasteiger partial charge in [0, 0.05) is 38.8 Å². The van der Waals surface area contributed by atoms with E-state index < -0.39 is 0 Å². The number of likely N-dealkylation sites (tertiary alicyclic amines) is 1. The van der Waals surface area contributed by atoms with Gasteiger partial charge >= 0.3 is 0 Å². The van der Waals surface area contributed by atoms with Crippen LogP contribution in [0.25, 0.3) is 0 Å². The third-order valence-electron chi connectivity index (χ3n) is 4.68. The van der Waals surface area contributed by atoms with E-state index in [1.54, 1.807) is 38.5 Å². The van der Waals surface area contributed by atoms with Crippen molar-refractivity contribution < 1.29 is 14.3 Å². The first-order valence-electron chi connectivity index (χ1n) is 9.11. The van der Waals surface area contributed by atoms with Crippen LogP contribution < -0.4 is 9.47 Å². The predicted molar refractivity (Wildman–Crippen MR) is 102 cm³/mol. The first-order chi connectivity index (χ1) is 13.0. The molecule has 1 aliphatic rings. The lowest BCUT2D eigenvalue weighted by Crippen LogP contribution is -2.41. The molecule has 27 heavy (non-hydrogen) atoms. The Hall–Kier alpha value is -2.67. The summed E-state index contributed by atoms with van der Waals surface area (Å²) < 4.78 is 11.1. The Bertz CT molecular complexity index is 781. The molecule has 0 bridgehead atoms. The number of carbonyl (C=O) groups excluding carboxylic acids is 1. The molecule has 1 saturated heterocycles. The van der Waals surface area contributed by atoms with E-state index in [2.05, 4.69) is 14.9 Å². The smallest absolute Gasteiger partial charge is 0.238 e. The fourth-order valence-electron chi connectivity index (χ4n) is 3.17. The van der Waals surface area contributed by atoms with E-state index >= 15 is 0 Å². The van der Waals surface area contributed by atoms with Crippen LogP contribution in [0, 0.1) is 0 Å². The molecule has 2 heterocycles. The van der Waals surface area contributed by atoms with Gasteiger partial charge in [-0.1, -0.05) is 6.07 Å². The van der Waals surface area contributed by atoms with E-state index in [0.29, 0.717) is 18.2 Å². The molecule has 1 aromatic carbocycles. The van der Waals surface area contributed by atoms with E-state index in [9.17, 15) is 4.79 Å². The van der Waals surface area contributed by atoms with Crippen LogP contribution in [-0.2, 0) is 4.79 Å². The number of benzene rings is 1. The minimum absolute atomic E-state index is 0.122. The highest BCUT2D eigenvalue weighted by molar-refractivity contribution is 5.77. The molecule has 0 saturated carbocycles. The van der Waals surface area contributed by atoms with Crippen molar-refractivity contribution in [2.45, 2.75) is 18.8 Å². The van der Waals surface area contributed by atoms with Gasteiger partial charge in [0.2, 0.25) is 11.8 Å². The maximum atomic E-state index is 12.0. The summed E-state index contributed by atoms with van der Waals surface area (Å²) in [4.78, 5) is 24.8. The average molecular weight is 370 g/mol. The second-order valence-electron chi connectivity index (χ2n) is 6.93. The molecule has 1 aliphatic heterocycles. The lowest BCUT2D eigenvalue weighted by Gasteiger charge is -2.32. The molecular weight excluding hydrogens is 344 g/mol. The molecule has 1 amide bonds. The molecule has 0 radical (unpaired) electrons. The Morgan fingerprint density at radius 3 is 2.89 bits per heavy atom. The van der Waals surface area contributed by atoms with Crippen LogP contribution in [0.2, 0.25) is 0 Å². The highest BCUT2D eigenvalue weighted by atomic mass is 16.5. The number of hydrogen-bond acceptors (Lipinski definition) is 6. The zero-order valence-electron chi connectivity index (χ0n) is 16.1. The molecule has 7 heteroatoms. The summed E-state index contributed by atoms with van der Waals surface area (Å²) in [5.41, 5.74) is 0.900. The molecule has 0 aliphatic carbocycles. The number of hydrogen-bond donors (Lipinski definition) is 0. The van der Waals surface area contributed by atoms with Gasteiger partial charge in [-0.2, -0.15) is 0 Å². The standard InChI is InChI=1S/C20H26N4O3/c1-23(2)20(25)14-24-9-5-6-15(13-24)18-11-21-12-19(22-18)27-17-8-4-7-16(10-17)26-3/h4,7-8,10-12,15H,5-6,9,13-14H2,1-3H3/t15-/m0/s1. The molecule has 0 unspecified atom stereocenters. The number of aromatic nitrogens is 2. The number of methoxy groups -OCH3 is 1. The van der Waals surface area contributed by atoms with Gasteiger partial charge < -0.3 is 14.4 Å². The van der Waals surface area contributed by atoms with E-state index in [1.165, 1.54) is 0 Å². The van der Waals surface area contributed by atoms with Crippen molar-refractivity contribution in [3.05, 3.63) is 42.4 Å². The molecule has 7 nitrogen and oxygen atoms in total. The summed E-state index contributed by atoms with van der Waals surface area (Å²) in [7, 11) is 5.19. The van der Waals surface area contributed by atoms with E-state index in [4.69, 9.17) is 9.47 Å². The molecular formula is C20H26N4O3. The Kier molecular flexibility index (Phi) is 6.24. The fourth-order valence-corrected chi connectivity index (χ4v) is 3.17. The van der Waals surface area contributed by atoms with Crippen LogP contribution in [-0.4, -0.2) is 66.5 Å². The van der Waals surface area contributed by atoms with E-state index in [1.807, 2.05) is 24.3 Å². The lowest BCUT2D eigenvalue weighted by molar-refractivity contribution is -0.130. The van der Waals surface area contributed by atoms with Crippen molar-refractivity contribution in [2.24, 2.45) is 0 Å². The Balaban J connectivity index is 1.68. The van der Waals surface area contributed by atoms with Crippen molar-refractivity contribution >= 4 is 5.91 Å². The van der Waals surface area contributed by atoms with Crippen molar-refractivity contribution in [1.82, 2.24) is 19.8 Å². The van der Waals surface area contributed by atoms with Crippen LogP contribution in [0.15, 0.2) is 36.7 Å². The van der Waals surface area contributed by atoms with Gasteiger partial charge in [-0.15, -0.1) is 0 Å². The minimum Gasteiger partial charge on any atom is -0.497 e. The van der Waals surface area contributed by atoms with Crippen molar-refractivity contribution in [3.8, 4) is 17.4 Å². The largest absolute Gasteiger partial charge is 0.497 e. The van der Waals surface area contributed by atoms with Crippen molar-refractivity contribution in [2.75, 3.05) is 40.8 Å². The SMILES string of the molecule is COc1cccc(Oc2cncc([C@H]3CCCN(CC(=O)N(C)C)C3)n2)c1. The molecule has 1 atom stereocenters. The Morgan fingerprint density at radius 2 is 2.11 bits per heavy atom. The monoisotopic (exact) mass is 370 g/mol. The fraction of sp³-hybridized carbons (Fsp3) is 0.450. The lowest BCUT2D eigenvalue weighted by atomic mass is 9.95.